The Labute approximate surface area is 174 Å². The molecule has 7 heteroatoms. The third-order valence-electron chi connectivity index (χ3n) is 4.73. The van der Waals surface area contributed by atoms with Crippen molar-refractivity contribution in [3.63, 3.8) is 0 Å². The fourth-order valence-electron chi connectivity index (χ4n) is 3.09. The SMILES string of the molecule is COc1cccc(COCC(O)CSc2nnc(C3CC3)n2-c2ccccc2)c1. The van der Waals surface area contributed by atoms with Crippen molar-refractivity contribution in [2.75, 3.05) is 19.5 Å². The molecule has 1 atom stereocenters. The number of thioether (sulfide) groups is 1. The average Bonchev–Trinajstić information content (AvgIpc) is 3.52. The van der Waals surface area contributed by atoms with Crippen LogP contribution in [0.3, 0.4) is 0 Å². The largest absolute Gasteiger partial charge is 0.497 e. The van der Waals surface area contributed by atoms with Gasteiger partial charge in [-0.1, -0.05) is 42.1 Å². The number of rotatable bonds is 10. The number of para-hydroxylation sites is 1. The van der Waals surface area contributed by atoms with Gasteiger partial charge in [-0.3, -0.25) is 4.57 Å². The summed E-state index contributed by atoms with van der Waals surface area (Å²) in [6, 6.07) is 17.9. The van der Waals surface area contributed by atoms with Crippen molar-refractivity contribution < 1.29 is 14.6 Å². The molecule has 1 saturated carbocycles. The molecule has 1 aliphatic carbocycles. The van der Waals surface area contributed by atoms with E-state index in [9.17, 15) is 5.11 Å². The second-order valence-corrected chi connectivity index (χ2v) is 8.10. The summed E-state index contributed by atoms with van der Waals surface area (Å²) >= 11 is 1.51. The molecular formula is C22H25N3O3S. The molecule has 0 saturated heterocycles. The third-order valence-corrected chi connectivity index (χ3v) is 5.81. The Kier molecular flexibility index (Phi) is 6.49. The summed E-state index contributed by atoms with van der Waals surface area (Å²) in [5.74, 6) is 2.80. The smallest absolute Gasteiger partial charge is 0.195 e. The Morgan fingerprint density at radius 3 is 2.72 bits per heavy atom. The second kappa shape index (κ2) is 9.43. The zero-order valence-corrected chi connectivity index (χ0v) is 17.2. The maximum absolute atomic E-state index is 10.4. The van der Waals surface area contributed by atoms with Crippen LogP contribution in [-0.4, -0.2) is 45.4 Å². The van der Waals surface area contributed by atoms with Crippen LogP contribution in [0.25, 0.3) is 5.69 Å². The van der Waals surface area contributed by atoms with Crippen molar-refractivity contribution in [1.29, 1.82) is 0 Å². The molecule has 3 aromatic rings. The van der Waals surface area contributed by atoms with Crippen molar-refractivity contribution in [2.45, 2.75) is 36.6 Å². The molecule has 29 heavy (non-hydrogen) atoms. The molecule has 1 aromatic heterocycles. The van der Waals surface area contributed by atoms with Crippen LogP contribution in [0.1, 0.15) is 30.1 Å². The first kappa shape index (κ1) is 19.9. The van der Waals surface area contributed by atoms with Gasteiger partial charge in [-0.05, 0) is 42.7 Å². The van der Waals surface area contributed by atoms with E-state index in [-0.39, 0.29) is 6.61 Å². The molecule has 0 bridgehead atoms. The van der Waals surface area contributed by atoms with E-state index in [1.807, 2.05) is 42.5 Å². The zero-order chi connectivity index (χ0) is 20.1. The summed E-state index contributed by atoms with van der Waals surface area (Å²) in [5.41, 5.74) is 2.08. The molecule has 1 unspecified atom stereocenters. The van der Waals surface area contributed by atoms with Gasteiger partial charge in [0.1, 0.15) is 11.6 Å². The molecule has 1 fully saturated rings. The fourth-order valence-corrected chi connectivity index (χ4v) is 3.96. The Bertz CT molecular complexity index is 928. The first-order chi connectivity index (χ1) is 14.2. The third kappa shape index (κ3) is 5.18. The standard InChI is InChI=1S/C22H25N3O3S/c1-27-20-9-5-6-16(12-20)13-28-14-19(26)15-29-22-24-23-21(17-10-11-17)25(22)18-7-3-2-4-8-18/h2-9,12,17,19,26H,10-11,13-15H2,1H3. The van der Waals surface area contributed by atoms with E-state index in [0.717, 1.165) is 40.8 Å². The van der Waals surface area contributed by atoms with E-state index in [0.29, 0.717) is 18.3 Å². The number of aromatic nitrogens is 3. The monoisotopic (exact) mass is 411 g/mol. The van der Waals surface area contributed by atoms with Crippen molar-refractivity contribution in [3.8, 4) is 11.4 Å². The molecule has 152 valence electrons. The molecule has 4 rings (SSSR count). The summed E-state index contributed by atoms with van der Waals surface area (Å²) in [6.45, 7) is 0.699. The van der Waals surface area contributed by atoms with E-state index in [1.165, 1.54) is 11.8 Å². The summed E-state index contributed by atoms with van der Waals surface area (Å²) < 4.78 is 13.0. The van der Waals surface area contributed by atoms with E-state index in [1.54, 1.807) is 7.11 Å². The van der Waals surface area contributed by atoms with E-state index < -0.39 is 6.10 Å². The van der Waals surface area contributed by atoms with Crippen LogP contribution in [0.2, 0.25) is 0 Å². The number of aliphatic hydroxyl groups excluding tert-OH is 1. The summed E-state index contributed by atoms with van der Waals surface area (Å²) in [6.07, 6.45) is 1.74. The van der Waals surface area contributed by atoms with Crippen LogP contribution in [0.5, 0.6) is 5.75 Å². The van der Waals surface area contributed by atoms with Crippen LogP contribution in [0.15, 0.2) is 59.8 Å². The highest BCUT2D eigenvalue weighted by atomic mass is 32.2. The lowest BCUT2D eigenvalue weighted by Gasteiger charge is -2.13. The summed E-state index contributed by atoms with van der Waals surface area (Å²) in [5, 5.41) is 20.0. The second-order valence-electron chi connectivity index (χ2n) is 7.12. The van der Waals surface area contributed by atoms with Gasteiger partial charge >= 0.3 is 0 Å². The van der Waals surface area contributed by atoms with Gasteiger partial charge in [-0.2, -0.15) is 0 Å². The Balaban J connectivity index is 1.33. The Morgan fingerprint density at radius 2 is 1.97 bits per heavy atom. The minimum Gasteiger partial charge on any atom is -0.497 e. The van der Waals surface area contributed by atoms with Gasteiger partial charge in [0.15, 0.2) is 5.16 Å². The van der Waals surface area contributed by atoms with Crippen molar-refractivity contribution >= 4 is 11.8 Å². The maximum atomic E-state index is 10.4. The van der Waals surface area contributed by atoms with Crippen LogP contribution >= 0.6 is 11.8 Å². The molecule has 6 nitrogen and oxygen atoms in total. The summed E-state index contributed by atoms with van der Waals surface area (Å²) in [4.78, 5) is 0. The molecule has 0 radical (unpaired) electrons. The Morgan fingerprint density at radius 1 is 1.14 bits per heavy atom. The molecule has 1 N–H and O–H groups in total. The lowest BCUT2D eigenvalue weighted by molar-refractivity contribution is 0.0397. The van der Waals surface area contributed by atoms with Gasteiger partial charge in [0.2, 0.25) is 0 Å². The molecule has 1 heterocycles. The molecule has 0 spiro atoms. The minimum absolute atomic E-state index is 0.263. The van der Waals surface area contributed by atoms with Crippen LogP contribution in [0.4, 0.5) is 0 Å². The predicted molar refractivity (Wildman–Crippen MR) is 113 cm³/mol. The van der Waals surface area contributed by atoms with Crippen molar-refractivity contribution in [3.05, 3.63) is 66.0 Å². The Hall–Kier alpha value is -2.35. The van der Waals surface area contributed by atoms with Gasteiger partial charge in [0.25, 0.3) is 0 Å². The van der Waals surface area contributed by atoms with Crippen molar-refractivity contribution in [1.82, 2.24) is 14.8 Å². The quantitative estimate of drug-likeness (QED) is 0.512. The van der Waals surface area contributed by atoms with E-state index >= 15 is 0 Å². The highest BCUT2D eigenvalue weighted by Gasteiger charge is 2.31. The molecule has 2 aromatic carbocycles. The van der Waals surface area contributed by atoms with Crippen molar-refractivity contribution in [2.24, 2.45) is 0 Å². The highest BCUT2D eigenvalue weighted by molar-refractivity contribution is 7.99. The van der Waals surface area contributed by atoms with E-state index in [4.69, 9.17) is 9.47 Å². The summed E-state index contributed by atoms with van der Waals surface area (Å²) in [7, 11) is 1.64. The topological polar surface area (TPSA) is 69.4 Å². The predicted octanol–water partition coefficient (Wildman–Crippen LogP) is 3.82. The zero-order valence-electron chi connectivity index (χ0n) is 16.4. The normalized spacial score (nSPS) is 14.7. The number of benzene rings is 2. The van der Waals surface area contributed by atoms with Gasteiger partial charge in [0.05, 0.1) is 26.4 Å². The number of hydrogen-bond acceptors (Lipinski definition) is 6. The highest BCUT2D eigenvalue weighted by Crippen LogP contribution is 2.41. The van der Waals surface area contributed by atoms with Gasteiger partial charge < -0.3 is 14.6 Å². The average molecular weight is 412 g/mol. The van der Waals surface area contributed by atoms with Gasteiger partial charge in [0, 0.05) is 17.4 Å². The molecule has 0 amide bonds. The van der Waals surface area contributed by atoms with Gasteiger partial charge in [-0.25, -0.2) is 0 Å². The molecular weight excluding hydrogens is 386 g/mol. The number of aliphatic hydroxyl groups is 1. The lowest BCUT2D eigenvalue weighted by Crippen LogP contribution is -2.18. The number of nitrogens with zero attached hydrogens (tertiary/aromatic N) is 3. The minimum atomic E-state index is -0.587. The fraction of sp³-hybridized carbons (Fsp3) is 0.364. The number of hydrogen-bond donors (Lipinski definition) is 1. The maximum Gasteiger partial charge on any atom is 0.195 e. The lowest BCUT2D eigenvalue weighted by atomic mass is 10.2. The van der Waals surface area contributed by atoms with Crippen LogP contribution in [0, 0.1) is 0 Å². The number of methoxy groups -OCH3 is 1. The van der Waals surface area contributed by atoms with E-state index in [2.05, 4.69) is 26.9 Å². The first-order valence-electron chi connectivity index (χ1n) is 9.77. The first-order valence-corrected chi connectivity index (χ1v) is 10.8. The molecule has 0 aliphatic heterocycles. The number of ether oxygens (including phenoxy) is 2. The molecule has 1 aliphatic rings. The van der Waals surface area contributed by atoms with Crippen LogP contribution in [-0.2, 0) is 11.3 Å². The van der Waals surface area contributed by atoms with Gasteiger partial charge in [-0.15, -0.1) is 10.2 Å². The van der Waals surface area contributed by atoms with Crippen LogP contribution < -0.4 is 4.74 Å².